The first-order valence-electron chi connectivity index (χ1n) is 7.95. The van der Waals surface area contributed by atoms with E-state index in [0.29, 0.717) is 22.2 Å². The quantitative estimate of drug-likeness (QED) is 0.492. The summed E-state index contributed by atoms with van der Waals surface area (Å²) in [6, 6.07) is 16.6. The molecule has 0 aliphatic rings. The zero-order chi connectivity index (χ0) is 18.4. The van der Waals surface area contributed by atoms with Crippen molar-refractivity contribution in [3.63, 3.8) is 0 Å². The predicted octanol–water partition coefficient (Wildman–Crippen LogP) is 2.71. The second-order valence-corrected chi connectivity index (χ2v) is 6.51. The van der Waals surface area contributed by atoms with Crippen LogP contribution in [0.5, 0.6) is 11.5 Å². The first kappa shape index (κ1) is 17.8. The van der Waals surface area contributed by atoms with Crippen LogP contribution in [0.2, 0.25) is 0 Å². The van der Waals surface area contributed by atoms with Gasteiger partial charge < -0.3 is 10.1 Å². The number of carbonyl (C=O) groups is 1. The predicted molar refractivity (Wildman–Crippen MR) is 97.4 cm³/mol. The molecule has 8 heteroatoms. The molecule has 3 rings (SSSR count). The zero-order valence-electron chi connectivity index (χ0n) is 14.1. The van der Waals surface area contributed by atoms with Crippen molar-refractivity contribution < 1.29 is 18.7 Å². The molecular weight excluding hydrogens is 354 g/mol. The van der Waals surface area contributed by atoms with Crippen molar-refractivity contribution in [3.05, 3.63) is 65.0 Å². The highest BCUT2D eigenvalue weighted by Gasteiger charge is 2.17. The smallest absolute Gasteiger partial charge is 0.441 e. The lowest BCUT2D eigenvalue weighted by Gasteiger charge is -2.07. The third kappa shape index (κ3) is 4.76. The van der Waals surface area contributed by atoms with E-state index in [1.54, 1.807) is 31.3 Å². The maximum atomic E-state index is 12.0. The molecular formula is C18H18N3O4S+. The maximum absolute atomic E-state index is 12.0. The summed E-state index contributed by atoms with van der Waals surface area (Å²) in [5.74, 6) is 1.79. The van der Waals surface area contributed by atoms with Crippen LogP contribution in [0.25, 0.3) is 0 Å². The SMILES string of the molecule is C[n+]1[nH]oc(=O)c1SCCC(=O)Nc1ccc(Oc2ccccc2)cc1. The van der Waals surface area contributed by atoms with Crippen LogP contribution in [-0.2, 0) is 11.8 Å². The molecule has 0 unspecified atom stereocenters. The lowest BCUT2D eigenvalue weighted by Crippen LogP contribution is -2.33. The Morgan fingerprint density at radius 1 is 1.15 bits per heavy atom. The van der Waals surface area contributed by atoms with Gasteiger partial charge in [-0.05, 0) is 53.4 Å². The fraction of sp³-hybridized carbons (Fsp3) is 0.167. The van der Waals surface area contributed by atoms with E-state index in [1.165, 1.54) is 16.4 Å². The molecule has 0 bridgehead atoms. The molecule has 0 aliphatic carbocycles. The van der Waals surface area contributed by atoms with Gasteiger partial charge in [-0.3, -0.25) is 9.32 Å². The van der Waals surface area contributed by atoms with E-state index in [9.17, 15) is 9.59 Å². The van der Waals surface area contributed by atoms with Gasteiger partial charge >= 0.3 is 10.7 Å². The number of thioether (sulfide) groups is 1. The van der Waals surface area contributed by atoms with Crippen LogP contribution in [0.3, 0.4) is 0 Å². The summed E-state index contributed by atoms with van der Waals surface area (Å²) >= 11 is 1.27. The zero-order valence-corrected chi connectivity index (χ0v) is 14.9. The molecule has 0 aliphatic heterocycles. The minimum absolute atomic E-state index is 0.128. The number of H-pyrrole nitrogens is 1. The molecule has 3 aromatic rings. The van der Waals surface area contributed by atoms with Crippen LogP contribution >= 0.6 is 11.8 Å². The van der Waals surface area contributed by atoms with Crippen LogP contribution in [0, 0.1) is 0 Å². The van der Waals surface area contributed by atoms with Gasteiger partial charge in [-0.2, -0.15) is 0 Å². The van der Waals surface area contributed by atoms with E-state index in [4.69, 9.17) is 4.74 Å². The number of carbonyl (C=O) groups excluding carboxylic acids is 1. The number of hydrogen-bond acceptors (Lipinski definition) is 5. The fourth-order valence-corrected chi connectivity index (χ4v) is 3.05. The number of hydrogen-bond donors (Lipinski definition) is 2. The number of amides is 1. The molecule has 0 spiro atoms. The Hall–Kier alpha value is -3.00. The molecule has 1 aromatic heterocycles. The van der Waals surface area contributed by atoms with Gasteiger partial charge in [0.25, 0.3) is 0 Å². The third-order valence-electron chi connectivity index (χ3n) is 3.44. The largest absolute Gasteiger partial charge is 0.457 e. The standard InChI is InChI=1S/C18H17N3O4S/c1-21-17(18(23)25-20-21)26-12-11-16(22)19-13-7-9-15(10-8-13)24-14-5-3-2-4-6-14/h2-10H,11-12H2,1H3,(H-,19,20,22,23)/p+1. The normalized spacial score (nSPS) is 10.5. The molecule has 0 atom stereocenters. The van der Waals surface area contributed by atoms with Gasteiger partial charge in [-0.25, -0.2) is 4.79 Å². The molecule has 0 saturated heterocycles. The fourth-order valence-electron chi connectivity index (χ4n) is 2.18. The summed E-state index contributed by atoms with van der Waals surface area (Å²) in [5, 5.41) is 5.68. The number of ether oxygens (including phenoxy) is 1. The van der Waals surface area contributed by atoms with Crippen LogP contribution in [-0.4, -0.2) is 16.9 Å². The lowest BCUT2D eigenvalue weighted by molar-refractivity contribution is -0.772. The van der Waals surface area contributed by atoms with Crippen LogP contribution in [0.4, 0.5) is 5.69 Å². The van der Waals surface area contributed by atoms with Gasteiger partial charge in [0.05, 0.1) is 0 Å². The Balaban J connectivity index is 1.47. The molecule has 2 N–H and O–H groups in total. The van der Waals surface area contributed by atoms with Gasteiger partial charge in [-0.15, -0.1) is 0 Å². The third-order valence-corrected chi connectivity index (χ3v) is 4.56. The number of nitrogens with zero attached hydrogens (tertiary/aromatic N) is 1. The Morgan fingerprint density at radius 3 is 2.50 bits per heavy atom. The van der Waals surface area contributed by atoms with E-state index in [0.717, 1.165) is 5.75 Å². The Bertz CT molecular complexity index is 920. The molecule has 2 aromatic carbocycles. The number of aryl methyl sites for hydroxylation is 1. The topological polar surface area (TPSA) is 88.2 Å². The van der Waals surface area contributed by atoms with E-state index in [1.807, 2.05) is 30.3 Å². The molecule has 0 radical (unpaired) electrons. The number of anilines is 1. The van der Waals surface area contributed by atoms with E-state index >= 15 is 0 Å². The minimum Gasteiger partial charge on any atom is -0.457 e. The van der Waals surface area contributed by atoms with Crippen LogP contribution in [0.15, 0.2) is 68.9 Å². The number of benzene rings is 2. The second-order valence-electron chi connectivity index (χ2n) is 5.43. The van der Waals surface area contributed by atoms with Crippen LogP contribution < -0.4 is 20.4 Å². The van der Waals surface area contributed by atoms with Crippen molar-refractivity contribution in [2.45, 2.75) is 11.4 Å². The van der Waals surface area contributed by atoms with Crippen molar-refractivity contribution >= 4 is 23.4 Å². The first-order valence-corrected chi connectivity index (χ1v) is 8.93. The number of nitrogens with one attached hydrogen (secondary N) is 2. The van der Waals surface area contributed by atoms with E-state index in [2.05, 4.69) is 15.1 Å². The van der Waals surface area contributed by atoms with Crippen molar-refractivity contribution in [2.24, 2.45) is 7.05 Å². The number of para-hydroxylation sites is 1. The van der Waals surface area contributed by atoms with Gasteiger partial charge in [0, 0.05) is 17.9 Å². The van der Waals surface area contributed by atoms with Crippen molar-refractivity contribution in [1.82, 2.24) is 5.27 Å². The highest BCUT2D eigenvalue weighted by atomic mass is 32.2. The minimum atomic E-state index is -0.438. The van der Waals surface area contributed by atoms with Gasteiger partial charge in [0.2, 0.25) is 5.91 Å². The molecule has 1 amide bonds. The summed E-state index contributed by atoms with van der Waals surface area (Å²) in [6.45, 7) is 0. The monoisotopic (exact) mass is 372 g/mol. The highest BCUT2D eigenvalue weighted by molar-refractivity contribution is 7.99. The lowest BCUT2D eigenvalue weighted by atomic mass is 10.3. The Kier molecular flexibility index (Phi) is 5.75. The molecule has 7 nitrogen and oxygen atoms in total. The van der Waals surface area contributed by atoms with E-state index in [-0.39, 0.29) is 12.3 Å². The molecule has 26 heavy (non-hydrogen) atoms. The van der Waals surface area contributed by atoms with Crippen LogP contribution in [0.1, 0.15) is 6.42 Å². The summed E-state index contributed by atoms with van der Waals surface area (Å²) in [5.41, 5.74) is 0.249. The summed E-state index contributed by atoms with van der Waals surface area (Å²) in [4.78, 5) is 23.4. The second kappa shape index (κ2) is 8.39. The molecule has 1 heterocycles. The Morgan fingerprint density at radius 2 is 1.85 bits per heavy atom. The van der Waals surface area contributed by atoms with Crippen molar-refractivity contribution in [3.8, 4) is 11.5 Å². The van der Waals surface area contributed by atoms with Crippen molar-refractivity contribution in [2.75, 3.05) is 11.1 Å². The first-order chi connectivity index (χ1) is 12.6. The highest BCUT2D eigenvalue weighted by Crippen LogP contribution is 2.22. The molecule has 0 saturated carbocycles. The summed E-state index contributed by atoms with van der Waals surface area (Å²) < 4.78 is 11.8. The average Bonchev–Trinajstić information content (AvgIpc) is 2.96. The summed E-state index contributed by atoms with van der Waals surface area (Å²) in [6.07, 6.45) is 0.275. The van der Waals surface area contributed by atoms with E-state index < -0.39 is 5.63 Å². The Labute approximate surface area is 153 Å². The average molecular weight is 372 g/mol. The number of aromatic amines is 1. The number of rotatable bonds is 7. The maximum Gasteiger partial charge on any atom is 0.441 e. The molecule has 0 fully saturated rings. The van der Waals surface area contributed by atoms with Gasteiger partial charge in [0.15, 0.2) is 7.05 Å². The van der Waals surface area contributed by atoms with Gasteiger partial charge in [-0.1, -0.05) is 22.9 Å². The molecule has 134 valence electrons. The van der Waals surface area contributed by atoms with Gasteiger partial charge in [0.1, 0.15) is 11.5 Å². The van der Waals surface area contributed by atoms with Crippen molar-refractivity contribution in [1.29, 1.82) is 0 Å². The number of aromatic nitrogens is 2. The summed E-state index contributed by atoms with van der Waals surface area (Å²) in [7, 11) is 1.67.